The van der Waals surface area contributed by atoms with Crippen molar-refractivity contribution < 1.29 is 4.39 Å². The second-order valence-electron chi connectivity index (χ2n) is 3.71. The largest absolute Gasteiger partial charge is 0.337 e. The molecule has 0 spiro atoms. The summed E-state index contributed by atoms with van der Waals surface area (Å²) in [4.78, 5) is 4.03. The maximum Gasteiger partial charge on any atom is 0.148 e. The molecule has 0 atom stereocenters. The van der Waals surface area contributed by atoms with Gasteiger partial charge in [0.15, 0.2) is 0 Å². The number of nitrogens with zero attached hydrogens (tertiary/aromatic N) is 2. The third-order valence-electron chi connectivity index (χ3n) is 2.45. The van der Waals surface area contributed by atoms with Crippen LogP contribution in [0.2, 0.25) is 5.02 Å². The Morgan fingerprint density at radius 1 is 1.39 bits per heavy atom. The van der Waals surface area contributed by atoms with Crippen LogP contribution >= 0.6 is 11.6 Å². The van der Waals surface area contributed by atoms with Crippen molar-refractivity contribution in [2.45, 2.75) is 6.92 Å². The SMILES string of the molecule is Cc1ccnc(Nc2cc(Cl)ccc2F)c1C#N. The van der Waals surface area contributed by atoms with Crippen molar-refractivity contribution in [3.05, 3.63) is 52.4 Å². The first kappa shape index (κ1) is 12.3. The Morgan fingerprint density at radius 3 is 2.89 bits per heavy atom. The lowest BCUT2D eigenvalue weighted by Crippen LogP contribution is -2.00. The number of benzene rings is 1. The predicted molar refractivity (Wildman–Crippen MR) is 68.4 cm³/mol. The third-order valence-corrected chi connectivity index (χ3v) is 2.69. The van der Waals surface area contributed by atoms with E-state index < -0.39 is 5.82 Å². The van der Waals surface area contributed by atoms with Gasteiger partial charge in [-0.05, 0) is 36.8 Å². The summed E-state index contributed by atoms with van der Waals surface area (Å²) in [5, 5.41) is 12.2. The molecule has 1 aromatic heterocycles. The van der Waals surface area contributed by atoms with Crippen LogP contribution < -0.4 is 5.32 Å². The Kier molecular flexibility index (Phi) is 3.45. The van der Waals surface area contributed by atoms with Crippen LogP contribution in [0.5, 0.6) is 0 Å². The highest BCUT2D eigenvalue weighted by Gasteiger charge is 2.09. The molecular formula is C13H9ClFN3. The minimum absolute atomic E-state index is 0.192. The number of nitriles is 1. The Labute approximate surface area is 109 Å². The van der Waals surface area contributed by atoms with Crippen LogP contribution in [-0.4, -0.2) is 4.98 Å². The van der Waals surface area contributed by atoms with Gasteiger partial charge in [0.2, 0.25) is 0 Å². The van der Waals surface area contributed by atoms with E-state index in [0.29, 0.717) is 16.4 Å². The highest BCUT2D eigenvalue weighted by molar-refractivity contribution is 6.30. The van der Waals surface area contributed by atoms with Gasteiger partial charge in [0.25, 0.3) is 0 Å². The zero-order valence-electron chi connectivity index (χ0n) is 9.54. The maximum absolute atomic E-state index is 13.6. The van der Waals surface area contributed by atoms with E-state index in [0.717, 1.165) is 5.56 Å². The fourth-order valence-electron chi connectivity index (χ4n) is 1.52. The van der Waals surface area contributed by atoms with Crippen molar-refractivity contribution in [3.63, 3.8) is 0 Å². The number of hydrogen-bond acceptors (Lipinski definition) is 3. The maximum atomic E-state index is 13.6. The van der Waals surface area contributed by atoms with Gasteiger partial charge in [-0.1, -0.05) is 11.6 Å². The van der Waals surface area contributed by atoms with Crippen LogP contribution in [0.1, 0.15) is 11.1 Å². The summed E-state index contributed by atoms with van der Waals surface area (Å²) < 4.78 is 13.6. The van der Waals surface area contributed by atoms with E-state index in [4.69, 9.17) is 16.9 Å². The number of rotatable bonds is 2. The first-order valence-electron chi connectivity index (χ1n) is 5.19. The van der Waals surface area contributed by atoms with Gasteiger partial charge in [-0.3, -0.25) is 0 Å². The van der Waals surface area contributed by atoms with Crippen LogP contribution in [0.4, 0.5) is 15.9 Å². The Balaban J connectivity index is 2.44. The molecule has 0 saturated carbocycles. The molecule has 1 aromatic carbocycles. The standard InChI is InChI=1S/C13H9ClFN3/c1-8-4-5-17-13(10(8)7-16)18-12-6-9(14)2-3-11(12)15/h2-6H,1H3,(H,17,18). The average Bonchev–Trinajstić information content (AvgIpc) is 2.34. The lowest BCUT2D eigenvalue weighted by atomic mass is 10.1. The summed E-state index contributed by atoms with van der Waals surface area (Å²) in [7, 11) is 0. The van der Waals surface area contributed by atoms with E-state index in [1.54, 1.807) is 19.2 Å². The fraction of sp³-hybridized carbons (Fsp3) is 0.0769. The van der Waals surface area contributed by atoms with Gasteiger partial charge in [0.05, 0.1) is 11.3 Å². The van der Waals surface area contributed by atoms with E-state index in [9.17, 15) is 4.39 Å². The summed E-state index contributed by atoms with van der Waals surface area (Å²) >= 11 is 5.80. The number of anilines is 2. The molecule has 90 valence electrons. The quantitative estimate of drug-likeness (QED) is 0.895. The molecule has 0 fully saturated rings. The van der Waals surface area contributed by atoms with Crippen molar-refractivity contribution in [2.75, 3.05) is 5.32 Å². The molecule has 1 N–H and O–H groups in total. The van der Waals surface area contributed by atoms with E-state index in [-0.39, 0.29) is 5.69 Å². The van der Waals surface area contributed by atoms with Crippen LogP contribution in [0.3, 0.4) is 0 Å². The Morgan fingerprint density at radius 2 is 2.17 bits per heavy atom. The van der Waals surface area contributed by atoms with Crippen LogP contribution in [0.25, 0.3) is 0 Å². The second kappa shape index (κ2) is 5.03. The van der Waals surface area contributed by atoms with Crippen molar-refractivity contribution >= 4 is 23.1 Å². The lowest BCUT2D eigenvalue weighted by Gasteiger charge is -2.09. The van der Waals surface area contributed by atoms with Gasteiger partial charge in [-0.25, -0.2) is 9.37 Å². The van der Waals surface area contributed by atoms with Crippen molar-refractivity contribution in [2.24, 2.45) is 0 Å². The monoisotopic (exact) mass is 261 g/mol. The topological polar surface area (TPSA) is 48.7 Å². The second-order valence-corrected chi connectivity index (χ2v) is 4.15. The fourth-order valence-corrected chi connectivity index (χ4v) is 1.69. The minimum Gasteiger partial charge on any atom is -0.337 e. The minimum atomic E-state index is -0.452. The summed E-state index contributed by atoms with van der Waals surface area (Å²) in [5.41, 5.74) is 1.35. The van der Waals surface area contributed by atoms with E-state index in [1.807, 2.05) is 6.07 Å². The number of hydrogen-bond donors (Lipinski definition) is 1. The average molecular weight is 262 g/mol. The zero-order chi connectivity index (χ0) is 13.1. The van der Waals surface area contributed by atoms with Gasteiger partial charge in [-0.2, -0.15) is 5.26 Å². The zero-order valence-corrected chi connectivity index (χ0v) is 10.3. The molecule has 0 amide bonds. The molecule has 2 aromatic rings. The number of pyridine rings is 1. The molecule has 0 radical (unpaired) electrons. The smallest absolute Gasteiger partial charge is 0.148 e. The number of halogens is 2. The summed E-state index contributed by atoms with van der Waals surface area (Å²) in [6, 6.07) is 7.92. The van der Waals surface area contributed by atoms with Gasteiger partial charge >= 0.3 is 0 Å². The van der Waals surface area contributed by atoms with Gasteiger partial charge in [-0.15, -0.1) is 0 Å². The molecule has 2 rings (SSSR count). The van der Waals surface area contributed by atoms with Crippen LogP contribution in [0.15, 0.2) is 30.5 Å². The molecule has 5 heteroatoms. The number of aryl methyl sites for hydroxylation is 1. The predicted octanol–water partition coefficient (Wildman–Crippen LogP) is 3.80. The van der Waals surface area contributed by atoms with E-state index in [2.05, 4.69) is 10.3 Å². The molecule has 3 nitrogen and oxygen atoms in total. The summed E-state index contributed by atoms with van der Waals surface area (Å²) in [6.07, 6.45) is 1.56. The molecule has 0 aliphatic heterocycles. The van der Waals surface area contributed by atoms with Gasteiger partial charge < -0.3 is 5.32 Å². The van der Waals surface area contributed by atoms with E-state index >= 15 is 0 Å². The van der Waals surface area contributed by atoms with E-state index in [1.165, 1.54) is 18.2 Å². The lowest BCUT2D eigenvalue weighted by molar-refractivity contribution is 0.632. The van der Waals surface area contributed by atoms with Crippen molar-refractivity contribution in [1.29, 1.82) is 5.26 Å². The van der Waals surface area contributed by atoms with Crippen molar-refractivity contribution in [3.8, 4) is 6.07 Å². The normalized spacial score (nSPS) is 9.89. The highest BCUT2D eigenvalue weighted by Crippen LogP contribution is 2.25. The Bertz CT molecular complexity index is 635. The molecule has 0 aliphatic rings. The summed E-state index contributed by atoms with van der Waals surface area (Å²) in [5.74, 6) is -0.134. The van der Waals surface area contributed by atoms with Gasteiger partial charge in [0, 0.05) is 11.2 Å². The van der Waals surface area contributed by atoms with Crippen LogP contribution in [0, 0.1) is 24.1 Å². The number of aromatic nitrogens is 1. The van der Waals surface area contributed by atoms with Crippen LogP contribution in [-0.2, 0) is 0 Å². The first-order valence-corrected chi connectivity index (χ1v) is 5.57. The summed E-state index contributed by atoms with van der Waals surface area (Å²) in [6.45, 7) is 1.79. The first-order chi connectivity index (χ1) is 8.61. The third kappa shape index (κ3) is 2.41. The molecule has 0 unspecified atom stereocenters. The number of nitrogens with one attached hydrogen (secondary N) is 1. The van der Waals surface area contributed by atoms with Crippen molar-refractivity contribution in [1.82, 2.24) is 4.98 Å². The Hall–Kier alpha value is -2.12. The molecule has 18 heavy (non-hydrogen) atoms. The molecule has 0 aliphatic carbocycles. The molecule has 0 bridgehead atoms. The highest BCUT2D eigenvalue weighted by atomic mass is 35.5. The molecule has 1 heterocycles. The molecular weight excluding hydrogens is 253 g/mol. The van der Waals surface area contributed by atoms with Gasteiger partial charge in [0.1, 0.15) is 17.7 Å². The molecule has 0 saturated heterocycles.